The van der Waals surface area contributed by atoms with Gasteiger partial charge in [0.05, 0.1) is 6.42 Å². The number of rotatable bonds is 3. The van der Waals surface area contributed by atoms with Crippen molar-refractivity contribution in [2.24, 2.45) is 0 Å². The van der Waals surface area contributed by atoms with Crippen molar-refractivity contribution in [1.82, 2.24) is 4.98 Å². The molecule has 0 aromatic carbocycles. The molecule has 0 spiro atoms. The Hall–Kier alpha value is -1.20. The molecule has 2 rings (SSSR count). The van der Waals surface area contributed by atoms with Crippen molar-refractivity contribution < 1.29 is 4.79 Å². The fourth-order valence-electron chi connectivity index (χ4n) is 1.54. The second kappa shape index (κ2) is 5.63. The Kier molecular flexibility index (Phi) is 4.14. The molecule has 18 heavy (non-hydrogen) atoms. The fourth-order valence-corrected chi connectivity index (χ4v) is 2.67. The summed E-state index contributed by atoms with van der Waals surface area (Å²) in [5.41, 5.74) is 1.17. The number of amides is 1. The fraction of sp³-hybridized carbons (Fsp3) is 0.231. The first-order valence-corrected chi connectivity index (χ1v) is 7.16. The van der Waals surface area contributed by atoms with Gasteiger partial charge in [-0.1, -0.05) is 0 Å². The average molecular weight is 325 g/mol. The SMILES string of the molecule is Cc1ccsc1CC(=O)N(C)c1ccc(Br)cn1. The summed E-state index contributed by atoms with van der Waals surface area (Å²) in [6.07, 6.45) is 2.12. The Morgan fingerprint density at radius 1 is 1.44 bits per heavy atom. The van der Waals surface area contributed by atoms with E-state index in [1.165, 1.54) is 5.56 Å². The first-order valence-electron chi connectivity index (χ1n) is 5.49. The van der Waals surface area contributed by atoms with Crippen LogP contribution in [0, 0.1) is 6.92 Å². The minimum Gasteiger partial charge on any atom is -0.300 e. The molecule has 0 saturated carbocycles. The molecule has 0 aliphatic carbocycles. The minimum atomic E-state index is 0.0513. The maximum atomic E-state index is 12.1. The number of carbonyl (C=O) groups is 1. The molecule has 0 bridgehead atoms. The van der Waals surface area contributed by atoms with E-state index in [9.17, 15) is 4.79 Å². The summed E-state index contributed by atoms with van der Waals surface area (Å²) in [6, 6.07) is 5.73. The van der Waals surface area contributed by atoms with Crippen LogP contribution in [0.3, 0.4) is 0 Å². The summed E-state index contributed by atoms with van der Waals surface area (Å²) >= 11 is 4.94. The summed E-state index contributed by atoms with van der Waals surface area (Å²) in [5.74, 6) is 0.716. The standard InChI is InChI=1S/C13H13BrN2OS/c1-9-5-6-18-11(9)7-13(17)16(2)12-4-3-10(14)8-15-12/h3-6,8H,7H2,1-2H3. The number of aryl methyl sites for hydroxylation is 1. The van der Waals surface area contributed by atoms with Crippen molar-refractivity contribution in [2.45, 2.75) is 13.3 Å². The number of carbonyl (C=O) groups excluding carboxylic acids is 1. The summed E-state index contributed by atoms with van der Waals surface area (Å²) in [5, 5.41) is 2.01. The van der Waals surface area contributed by atoms with Crippen LogP contribution in [-0.2, 0) is 11.2 Å². The lowest BCUT2D eigenvalue weighted by Crippen LogP contribution is -2.28. The lowest BCUT2D eigenvalue weighted by Gasteiger charge is -2.16. The highest BCUT2D eigenvalue weighted by Crippen LogP contribution is 2.19. The van der Waals surface area contributed by atoms with E-state index in [0.29, 0.717) is 12.2 Å². The summed E-state index contributed by atoms with van der Waals surface area (Å²) in [6.45, 7) is 2.02. The highest BCUT2D eigenvalue weighted by molar-refractivity contribution is 9.10. The highest BCUT2D eigenvalue weighted by atomic mass is 79.9. The molecule has 2 aromatic heterocycles. The maximum Gasteiger partial charge on any atom is 0.233 e. The van der Waals surface area contributed by atoms with Crippen molar-refractivity contribution in [3.63, 3.8) is 0 Å². The third-order valence-electron chi connectivity index (χ3n) is 2.71. The molecular formula is C13H13BrN2OS. The lowest BCUT2D eigenvalue weighted by atomic mass is 10.2. The van der Waals surface area contributed by atoms with Gasteiger partial charge in [-0.15, -0.1) is 11.3 Å². The molecule has 3 nitrogen and oxygen atoms in total. The van der Waals surface area contributed by atoms with Crippen molar-refractivity contribution >= 4 is 39.0 Å². The molecule has 0 unspecified atom stereocenters. The van der Waals surface area contributed by atoms with E-state index < -0.39 is 0 Å². The monoisotopic (exact) mass is 324 g/mol. The van der Waals surface area contributed by atoms with Crippen LogP contribution in [0.5, 0.6) is 0 Å². The molecule has 0 saturated heterocycles. The van der Waals surface area contributed by atoms with E-state index in [0.717, 1.165) is 9.35 Å². The molecule has 2 heterocycles. The molecule has 94 valence electrons. The number of nitrogens with zero attached hydrogens (tertiary/aromatic N) is 2. The van der Waals surface area contributed by atoms with E-state index in [-0.39, 0.29) is 5.91 Å². The molecule has 0 aliphatic heterocycles. The van der Waals surface area contributed by atoms with Crippen LogP contribution in [0.4, 0.5) is 5.82 Å². The third-order valence-corrected chi connectivity index (χ3v) is 4.20. The van der Waals surface area contributed by atoms with Gasteiger partial charge in [-0.2, -0.15) is 0 Å². The van der Waals surface area contributed by atoms with Gasteiger partial charge in [0.2, 0.25) is 5.91 Å². The molecular weight excluding hydrogens is 312 g/mol. The summed E-state index contributed by atoms with van der Waals surface area (Å²) < 4.78 is 0.904. The van der Waals surface area contributed by atoms with E-state index >= 15 is 0 Å². The number of aromatic nitrogens is 1. The predicted molar refractivity (Wildman–Crippen MR) is 78.1 cm³/mol. The van der Waals surface area contributed by atoms with Crippen LogP contribution < -0.4 is 4.90 Å². The molecule has 2 aromatic rings. The first kappa shape index (κ1) is 13.2. The molecule has 1 amide bonds. The second-order valence-corrected chi connectivity index (χ2v) is 5.91. The van der Waals surface area contributed by atoms with Crippen LogP contribution in [0.2, 0.25) is 0 Å². The van der Waals surface area contributed by atoms with Gasteiger partial charge in [0.15, 0.2) is 0 Å². The van der Waals surface area contributed by atoms with Gasteiger partial charge in [0, 0.05) is 22.6 Å². The van der Waals surface area contributed by atoms with Gasteiger partial charge < -0.3 is 0 Å². The van der Waals surface area contributed by atoms with Crippen LogP contribution in [0.25, 0.3) is 0 Å². The minimum absolute atomic E-state index is 0.0513. The number of hydrogen-bond donors (Lipinski definition) is 0. The summed E-state index contributed by atoms with van der Waals surface area (Å²) in [4.78, 5) is 19.0. The van der Waals surface area contributed by atoms with Crippen LogP contribution in [-0.4, -0.2) is 17.9 Å². The number of halogens is 1. The largest absolute Gasteiger partial charge is 0.300 e. The number of likely N-dealkylation sites (N-methyl/N-ethyl adjacent to an activating group) is 1. The Balaban J connectivity index is 2.09. The summed E-state index contributed by atoms with van der Waals surface area (Å²) in [7, 11) is 1.75. The van der Waals surface area contributed by atoms with Gasteiger partial charge >= 0.3 is 0 Å². The zero-order valence-electron chi connectivity index (χ0n) is 10.2. The molecule has 0 radical (unpaired) electrons. The Bertz CT molecular complexity index is 550. The normalized spacial score (nSPS) is 10.4. The first-order chi connectivity index (χ1) is 8.58. The van der Waals surface area contributed by atoms with E-state index in [1.54, 1.807) is 29.5 Å². The Morgan fingerprint density at radius 2 is 2.22 bits per heavy atom. The second-order valence-electron chi connectivity index (χ2n) is 3.99. The topological polar surface area (TPSA) is 33.2 Å². The number of thiophene rings is 1. The van der Waals surface area contributed by atoms with Gasteiger partial charge in [-0.25, -0.2) is 4.98 Å². The lowest BCUT2D eigenvalue weighted by molar-refractivity contribution is -0.117. The molecule has 5 heteroatoms. The van der Waals surface area contributed by atoms with Crippen molar-refractivity contribution in [3.8, 4) is 0 Å². The number of pyridine rings is 1. The van der Waals surface area contributed by atoms with Gasteiger partial charge in [-0.3, -0.25) is 9.69 Å². The van der Waals surface area contributed by atoms with Crippen LogP contribution >= 0.6 is 27.3 Å². The van der Waals surface area contributed by atoms with Gasteiger partial charge in [0.1, 0.15) is 5.82 Å². The zero-order chi connectivity index (χ0) is 13.1. The van der Waals surface area contributed by atoms with Crippen molar-refractivity contribution in [1.29, 1.82) is 0 Å². The number of hydrogen-bond acceptors (Lipinski definition) is 3. The van der Waals surface area contributed by atoms with Gasteiger partial charge in [-0.05, 0) is 52.0 Å². The quantitative estimate of drug-likeness (QED) is 0.866. The smallest absolute Gasteiger partial charge is 0.233 e. The van der Waals surface area contributed by atoms with E-state index in [4.69, 9.17) is 0 Å². The number of anilines is 1. The predicted octanol–water partition coefficient (Wildman–Crippen LogP) is 3.42. The van der Waals surface area contributed by atoms with Crippen LogP contribution in [0.15, 0.2) is 34.2 Å². The Labute approximate surface area is 119 Å². The third kappa shape index (κ3) is 2.97. The molecule has 0 N–H and O–H groups in total. The molecule has 0 atom stereocenters. The average Bonchev–Trinajstić information content (AvgIpc) is 2.75. The molecule has 0 aliphatic rings. The van der Waals surface area contributed by atoms with E-state index in [1.807, 2.05) is 30.5 Å². The maximum absolute atomic E-state index is 12.1. The highest BCUT2D eigenvalue weighted by Gasteiger charge is 2.14. The van der Waals surface area contributed by atoms with E-state index in [2.05, 4.69) is 20.9 Å². The van der Waals surface area contributed by atoms with Crippen molar-refractivity contribution in [2.75, 3.05) is 11.9 Å². The molecule has 0 fully saturated rings. The van der Waals surface area contributed by atoms with Crippen molar-refractivity contribution in [3.05, 3.63) is 44.7 Å². The van der Waals surface area contributed by atoms with Crippen LogP contribution in [0.1, 0.15) is 10.4 Å². The Morgan fingerprint density at radius 3 is 2.78 bits per heavy atom. The van der Waals surface area contributed by atoms with Gasteiger partial charge in [0.25, 0.3) is 0 Å². The zero-order valence-corrected chi connectivity index (χ0v) is 12.6.